The number of nitrogens with two attached hydrogens (primary N) is 1. The second-order valence-corrected chi connectivity index (χ2v) is 4.70. The molecule has 21 heavy (non-hydrogen) atoms. The third-order valence-corrected chi connectivity index (χ3v) is 3.05. The van der Waals surface area contributed by atoms with Gasteiger partial charge in [-0.3, -0.25) is 4.98 Å². The molecule has 0 aliphatic heterocycles. The Balaban J connectivity index is 1.94. The van der Waals surface area contributed by atoms with E-state index in [9.17, 15) is 0 Å². The van der Waals surface area contributed by atoms with Crippen LogP contribution in [0.5, 0.6) is 0 Å². The zero-order chi connectivity index (χ0) is 15.1. The molecule has 5 heteroatoms. The van der Waals surface area contributed by atoms with Crippen LogP contribution in [-0.4, -0.2) is 17.2 Å². The molecule has 2 aromatic rings. The first-order chi connectivity index (χ1) is 10.2. The Bertz CT molecular complexity index is 627. The summed E-state index contributed by atoms with van der Waals surface area (Å²) in [5, 5.41) is 4.12. The van der Waals surface area contributed by atoms with Gasteiger partial charge in [0.25, 0.3) is 0 Å². The van der Waals surface area contributed by atoms with Crippen molar-refractivity contribution < 1.29 is 0 Å². The third kappa shape index (κ3) is 4.42. The molecule has 1 heterocycles. The number of nitrogens with zero attached hydrogens (tertiary/aromatic N) is 3. The molecule has 0 saturated heterocycles. The molecule has 1 aromatic heterocycles. The monoisotopic (exact) mass is 281 g/mol. The van der Waals surface area contributed by atoms with Crippen molar-refractivity contribution >= 4 is 12.2 Å². The molecule has 0 amide bonds. The van der Waals surface area contributed by atoms with Gasteiger partial charge in [0, 0.05) is 11.8 Å². The van der Waals surface area contributed by atoms with Crippen LogP contribution in [0.4, 0.5) is 0 Å². The lowest BCUT2D eigenvalue weighted by atomic mass is 10.0. The second-order valence-electron chi connectivity index (χ2n) is 4.70. The fourth-order valence-electron chi connectivity index (χ4n) is 1.89. The van der Waals surface area contributed by atoms with E-state index in [1.807, 2.05) is 50.2 Å². The lowest BCUT2D eigenvalue weighted by Crippen LogP contribution is -2.27. The summed E-state index contributed by atoms with van der Waals surface area (Å²) in [6.45, 7) is 4.53. The van der Waals surface area contributed by atoms with Gasteiger partial charge in [0.15, 0.2) is 0 Å². The predicted octanol–water partition coefficient (Wildman–Crippen LogP) is 2.14. The van der Waals surface area contributed by atoms with Gasteiger partial charge < -0.3 is 5.73 Å². The maximum absolute atomic E-state index is 5.76. The van der Waals surface area contributed by atoms with Crippen molar-refractivity contribution in [3.8, 4) is 0 Å². The maximum Gasteiger partial charge on any atom is 0.209 e. The number of hydrazone groups is 1. The van der Waals surface area contributed by atoms with E-state index in [2.05, 4.69) is 20.5 Å². The van der Waals surface area contributed by atoms with Crippen LogP contribution in [-0.2, 0) is 6.54 Å². The molecule has 0 aliphatic rings. The van der Waals surface area contributed by atoms with Crippen LogP contribution >= 0.6 is 0 Å². The molecule has 2 rings (SSSR count). The van der Waals surface area contributed by atoms with Gasteiger partial charge in [0.05, 0.1) is 18.5 Å². The Morgan fingerprint density at radius 3 is 2.62 bits per heavy atom. The van der Waals surface area contributed by atoms with Gasteiger partial charge in [-0.25, -0.2) is 10.4 Å². The van der Waals surface area contributed by atoms with Gasteiger partial charge >= 0.3 is 0 Å². The molecule has 0 saturated carbocycles. The topological polar surface area (TPSA) is 75.7 Å². The first-order valence-electron chi connectivity index (χ1n) is 6.72. The smallest absolute Gasteiger partial charge is 0.209 e. The summed E-state index contributed by atoms with van der Waals surface area (Å²) in [6.07, 6.45) is 3.49. The number of hydrogen-bond acceptors (Lipinski definition) is 3. The molecule has 0 fully saturated rings. The van der Waals surface area contributed by atoms with Gasteiger partial charge in [0.1, 0.15) is 0 Å². The van der Waals surface area contributed by atoms with Gasteiger partial charge in [-0.2, -0.15) is 5.10 Å². The quantitative estimate of drug-likeness (QED) is 0.512. The highest BCUT2D eigenvalue weighted by Crippen LogP contribution is 2.10. The summed E-state index contributed by atoms with van der Waals surface area (Å²) < 4.78 is 0. The molecular weight excluding hydrogens is 262 g/mol. The fourth-order valence-corrected chi connectivity index (χ4v) is 1.89. The van der Waals surface area contributed by atoms with E-state index in [-0.39, 0.29) is 5.96 Å². The molecule has 0 unspecified atom stereocenters. The lowest BCUT2D eigenvalue weighted by molar-refractivity contribution is 0.935. The number of nitrogens with one attached hydrogen (secondary N) is 1. The zero-order valence-corrected chi connectivity index (χ0v) is 12.2. The zero-order valence-electron chi connectivity index (χ0n) is 12.2. The number of benzene rings is 1. The highest BCUT2D eigenvalue weighted by molar-refractivity contribution is 5.85. The van der Waals surface area contributed by atoms with Crippen molar-refractivity contribution in [3.05, 3.63) is 65.0 Å². The Hall–Kier alpha value is -2.69. The number of rotatable bonds is 4. The molecule has 108 valence electrons. The number of aryl methyl sites for hydroxylation is 2. The molecule has 0 aliphatic carbocycles. The van der Waals surface area contributed by atoms with E-state index >= 15 is 0 Å². The van der Waals surface area contributed by atoms with Crippen LogP contribution in [0.25, 0.3) is 0 Å². The Morgan fingerprint density at radius 2 is 1.95 bits per heavy atom. The summed E-state index contributed by atoms with van der Waals surface area (Å²) in [5.41, 5.74) is 12.8. The van der Waals surface area contributed by atoms with Gasteiger partial charge in [0.2, 0.25) is 5.96 Å². The van der Waals surface area contributed by atoms with Crippen LogP contribution in [0.2, 0.25) is 0 Å². The molecule has 5 nitrogen and oxygen atoms in total. The number of aromatic nitrogens is 1. The third-order valence-electron chi connectivity index (χ3n) is 3.05. The summed E-state index contributed by atoms with van der Waals surface area (Å²) in [4.78, 5) is 8.35. The molecule has 3 N–H and O–H groups in total. The van der Waals surface area contributed by atoms with E-state index in [1.54, 1.807) is 12.4 Å². The summed E-state index contributed by atoms with van der Waals surface area (Å²) in [6, 6.07) is 11.8. The van der Waals surface area contributed by atoms with Crippen LogP contribution in [0.1, 0.15) is 22.4 Å². The molecule has 0 bridgehead atoms. The predicted molar refractivity (Wildman–Crippen MR) is 86.2 cm³/mol. The summed E-state index contributed by atoms with van der Waals surface area (Å²) in [7, 11) is 0. The second kappa shape index (κ2) is 7.19. The standard InChI is InChI=1S/C16H19N5/c1-12-6-5-7-13(2)15(12)11-20-21-16(17)19-10-14-8-3-4-9-18-14/h3-9,11H,10H2,1-2H3,(H3,17,19,21). The largest absolute Gasteiger partial charge is 0.369 e. The average molecular weight is 281 g/mol. The average Bonchev–Trinajstić information content (AvgIpc) is 2.49. The van der Waals surface area contributed by atoms with Crippen molar-refractivity contribution in [1.82, 2.24) is 10.4 Å². The fraction of sp³-hybridized carbons (Fsp3) is 0.188. The molecule has 1 aromatic carbocycles. The summed E-state index contributed by atoms with van der Waals surface area (Å²) >= 11 is 0. The first kappa shape index (κ1) is 14.7. The Labute approximate surface area is 124 Å². The van der Waals surface area contributed by atoms with Crippen LogP contribution in [0.3, 0.4) is 0 Å². The van der Waals surface area contributed by atoms with E-state index < -0.39 is 0 Å². The van der Waals surface area contributed by atoms with Crippen molar-refractivity contribution in [2.24, 2.45) is 15.8 Å². The minimum absolute atomic E-state index is 0.267. The number of aliphatic imine (C=N–C) groups is 1. The van der Waals surface area contributed by atoms with E-state index in [0.717, 1.165) is 11.3 Å². The van der Waals surface area contributed by atoms with Crippen LogP contribution in [0, 0.1) is 13.8 Å². The molecular formula is C16H19N5. The number of hydrogen-bond donors (Lipinski definition) is 2. The highest BCUT2D eigenvalue weighted by atomic mass is 15.3. The minimum Gasteiger partial charge on any atom is -0.369 e. The van der Waals surface area contributed by atoms with Crippen molar-refractivity contribution in [2.75, 3.05) is 0 Å². The lowest BCUT2D eigenvalue weighted by Gasteiger charge is -2.04. The number of guanidine groups is 1. The molecule has 0 spiro atoms. The van der Waals surface area contributed by atoms with Gasteiger partial charge in [-0.05, 0) is 37.1 Å². The van der Waals surface area contributed by atoms with Crippen molar-refractivity contribution in [1.29, 1.82) is 0 Å². The number of pyridine rings is 1. The minimum atomic E-state index is 0.267. The maximum atomic E-state index is 5.76. The van der Waals surface area contributed by atoms with Crippen LogP contribution < -0.4 is 11.2 Å². The molecule has 0 atom stereocenters. The first-order valence-corrected chi connectivity index (χ1v) is 6.72. The SMILES string of the molecule is Cc1cccc(C)c1C=NNC(N)=NCc1ccccn1. The van der Waals surface area contributed by atoms with E-state index in [1.165, 1.54) is 11.1 Å². The summed E-state index contributed by atoms with van der Waals surface area (Å²) in [5.74, 6) is 0.267. The van der Waals surface area contributed by atoms with Crippen molar-refractivity contribution in [3.63, 3.8) is 0 Å². The van der Waals surface area contributed by atoms with Crippen LogP contribution in [0.15, 0.2) is 52.7 Å². The Morgan fingerprint density at radius 1 is 1.19 bits per heavy atom. The van der Waals surface area contributed by atoms with Gasteiger partial charge in [-0.1, -0.05) is 24.3 Å². The highest BCUT2D eigenvalue weighted by Gasteiger charge is 1.98. The normalized spacial score (nSPS) is 11.8. The molecule has 0 radical (unpaired) electrons. The van der Waals surface area contributed by atoms with E-state index in [0.29, 0.717) is 6.54 Å². The van der Waals surface area contributed by atoms with E-state index in [4.69, 9.17) is 5.73 Å². The van der Waals surface area contributed by atoms with Gasteiger partial charge in [-0.15, -0.1) is 0 Å². The van der Waals surface area contributed by atoms with Crippen molar-refractivity contribution in [2.45, 2.75) is 20.4 Å². The Kier molecular flexibility index (Phi) is 5.04.